The van der Waals surface area contributed by atoms with Crippen LogP contribution in [-0.2, 0) is 11.2 Å². The topological polar surface area (TPSA) is 120 Å². The second kappa shape index (κ2) is 13.5. The Morgan fingerprint density at radius 1 is 0.878 bits per heavy atom. The molecule has 0 amide bonds. The Labute approximate surface area is 263 Å². The van der Waals surface area contributed by atoms with E-state index in [4.69, 9.17) is 18.9 Å². The summed E-state index contributed by atoms with van der Waals surface area (Å²) in [5, 5.41) is 12.7. The van der Waals surface area contributed by atoms with Gasteiger partial charge in [0.2, 0.25) is 5.75 Å². The number of hydrogen-bond acceptors (Lipinski definition) is 10. The molecule has 0 unspecified atom stereocenters. The molecule has 1 saturated carbocycles. The normalized spacial score (nSPS) is 13.1. The van der Waals surface area contributed by atoms with Crippen LogP contribution >= 0.6 is 11.7 Å². The van der Waals surface area contributed by atoms with E-state index in [1.807, 2.05) is 0 Å². The average Bonchev–Trinajstić information content (AvgIpc) is 3.69. The summed E-state index contributed by atoms with van der Waals surface area (Å²) >= 11 is 1.02. The Morgan fingerprint density at radius 3 is 2.20 bits per heavy atom. The van der Waals surface area contributed by atoms with Crippen molar-refractivity contribution in [1.82, 2.24) is 8.75 Å². The average molecular weight is 583 g/mol. The number of benzene rings is 3. The smallest absolute Gasteiger partial charge is 0.545 e. The van der Waals surface area contributed by atoms with Crippen LogP contribution < -0.4 is 53.6 Å². The Hall–Kier alpha value is -3.44. The van der Waals surface area contributed by atoms with Crippen LogP contribution in [0.25, 0.3) is 16.6 Å². The molecule has 3 aromatic carbocycles. The summed E-state index contributed by atoms with van der Waals surface area (Å²) in [6.45, 7) is 0.530. The van der Waals surface area contributed by atoms with E-state index >= 15 is 0 Å². The first-order valence-electron chi connectivity index (χ1n) is 12.7. The van der Waals surface area contributed by atoms with Crippen molar-refractivity contribution < 1.29 is 63.2 Å². The molecule has 0 N–H and O–H groups in total. The molecule has 9 nitrogen and oxygen atoms in total. The van der Waals surface area contributed by atoms with E-state index < -0.39 is 11.8 Å². The number of carbonyl (C=O) groups excluding carboxylic acids is 2. The van der Waals surface area contributed by atoms with Gasteiger partial charge in [0, 0.05) is 23.1 Å². The van der Waals surface area contributed by atoms with Gasteiger partial charge in [0.1, 0.15) is 16.8 Å². The van der Waals surface area contributed by atoms with Gasteiger partial charge in [-0.05, 0) is 78.4 Å². The van der Waals surface area contributed by atoms with Crippen LogP contribution in [-0.4, -0.2) is 48.4 Å². The summed E-state index contributed by atoms with van der Waals surface area (Å²) in [5.41, 5.74) is 2.17. The van der Waals surface area contributed by atoms with E-state index in [0.29, 0.717) is 63.2 Å². The number of nitrogens with zero attached hydrogens (tertiary/aromatic N) is 2. The van der Waals surface area contributed by atoms with Crippen molar-refractivity contribution in [2.75, 3.05) is 27.9 Å². The Balaban J connectivity index is 0.00000387. The molecule has 1 fully saturated rings. The molecule has 41 heavy (non-hydrogen) atoms. The zero-order valence-corrected chi connectivity index (χ0v) is 26.1. The summed E-state index contributed by atoms with van der Waals surface area (Å²) in [6, 6.07) is 14.8. The summed E-state index contributed by atoms with van der Waals surface area (Å²) in [4.78, 5) is 26.6. The standard InChI is InChI=1S/C30H28N2O7S.Na/c1-36-21-9-6-19(7-10-21)28(33)22(27(30(34)35)20-8-11-23-24(15-20)32-40-31-23)12-18-13-25(37-2)29(38-3)26(14-18)39-16-17-4-5-17;/h6-11,13-15,17H,4-5,12,16H2,1-3H3,(H,34,35);/q;+1/p-1. The van der Waals surface area contributed by atoms with E-state index in [1.54, 1.807) is 54.6 Å². The van der Waals surface area contributed by atoms with Crippen LogP contribution in [0.3, 0.4) is 0 Å². The Kier molecular flexibility index (Phi) is 10.0. The first kappa shape index (κ1) is 30.5. The maximum absolute atomic E-state index is 14.0. The molecule has 0 saturated heterocycles. The van der Waals surface area contributed by atoms with E-state index in [0.717, 1.165) is 24.6 Å². The fourth-order valence-corrected chi connectivity index (χ4v) is 4.96. The van der Waals surface area contributed by atoms with Crippen LogP contribution in [0.1, 0.15) is 34.3 Å². The number of carbonyl (C=O) groups is 2. The minimum absolute atomic E-state index is 0. The van der Waals surface area contributed by atoms with Crippen LogP contribution in [0.4, 0.5) is 0 Å². The second-order valence-corrected chi connectivity index (χ2v) is 9.96. The van der Waals surface area contributed by atoms with Gasteiger partial charge >= 0.3 is 29.6 Å². The number of aromatic nitrogens is 2. The molecule has 5 rings (SSSR count). The third-order valence-electron chi connectivity index (χ3n) is 6.73. The molecule has 4 aromatic rings. The number of fused-ring (bicyclic) bond motifs is 1. The van der Waals surface area contributed by atoms with E-state index in [9.17, 15) is 14.7 Å². The van der Waals surface area contributed by atoms with Crippen LogP contribution in [0.2, 0.25) is 0 Å². The van der Waals surface area contributed by atoms with Crippen molar-refractivity contribution in [2.24, 2.45) is 5.92 Å². The zero-order valence-electron chi connectivity index (χ0n) is 23.3. The molecule has 0 aliphatic heterocycles. The summed E-state index contributed by atoms with van der Waals surface area (Å²) < 4.78 is 30.8. The quantitative estimate of drug-likeness (QED) is 0.138. The van der Waals surface area contributed by atoms with E-state index in [2.05, 4.69) is 8.75 Å². The number of ether oxygens (including phenoxy) is 4. The van der Waals surface area contributed by atoms with Gasteiger partial charge in [0.15, 0.2) is 17.3 Å². The zero-order chi connectivity index (χ0) is 28.2. The molecule has 1 aromatic heterocycles. The predicted molar refractivity (Wildman–Crippen MR) is 148 cm³/mol. The van der Waals surface area contributed by atoms with Gasteiger partial charge in [-0.2, -0.15) is 8.75 Å². The molecule has 0 bridgehead atoms. The van der Waals surface area contributed by atoms with E-state index in [1.165, 1.54) is 21.3 Å². The molecule has 206 valence electrons. The molecule has 1 aliphatic carbocycles. The molecule has 1 heterocycles. The number of ketones is 1. The van der Waals surface area contributed by atoms with Gasteiger partial charge in [-0.3, -0.25) is 4.79 Å². The number of hydrogen-bond donors (Lipinski definition) is 0. The SMILES string of the molecule is COc1ccc(C(=O)C(Cc2cc(OC)c(OC)c(OCC3CC3)c2)=C(C(=O)[O-])c2ccc3nsnc3c2)cc1.[Na+]. The monoisotopic (exact) mass is 582 g/mol. The van der Waals surface area contributed by atoms with Crippen LogP contribution in [0.5, 0.6) is 23.0 Å². The number of carboxylic acid groups (broad SMARTS) is 1. The van der Waals surface area contributed by atoms with Crippen molar-refractivity contribution in [3.8, 4) is 23.0 Å². The first-order chi connectivity index (χ1) is 19.4. The predicted octanol–water partition coefficient (Wildman–Crippen LogP) is 1.14. The third kappa shape index (κ3) is 6.90. The minimum atomic E-state index is -1.48. The summed E-state index contributed by atoms with van der Waals surface area (Å²) in [6.07, 6.45) is 2.17. The summed E-state index contributed by atoms with van der Waals surface area (Å²) in [7, 11) is 4.56. The van der Waals surface area contributed by atoms with Crippen molar-refractivity contribution in [3.63, 3.8) is 0 Å². The molecular weight excluding hydrogens is 555 g/mol. The van der Waals surface area contributed by atoms with Gasteiger partial charge in [0.05, 0.1) is 45.6 Å². The molecule has 0 radical (unpaired) electrons. The molecule has 1 aliphatic rings. The largest absolute Gasteiger partial charge is 1.00 e. The third-order valence-corrected chi connectivity index (χ3v) is 7.29. The fraction of sp³-hybridized carbons (Fsp3) is 0.267. The van der Waals surface area contributed by atoms with E-state index in [-0.39, 0.29) is 47.1 Å². The van der Waals surface area contributed by atoms with Crippen molar-refractivity contribution in [1.29, 1.82) is 0 Å². The molecular formula is C30H27N2NaO7S. The van der Waals surface area contributed by atoms with Gasteiger partial charge in [-0.25, -0.2) is 0 Å². The second-order valence-electron chi connectivity index (χ2n) is 9.43. The first-order valence-corrected chi connectivity index (χ1v) is 13.4. The number of allylic oxidation sites excluding steroid dienone is 1. The van der Waals surface area contributed by atoms with Gasteiger partial charge in [-0.1, -0.05) is 6.07 Å². The number of methoxy groups -OCH3 is 3. The minimum Gasteiger partial charge on any atom is -0.545 e. The number of rotatable bonds is 12. The maximum Gasteiger partial charge on any atom is 1.00 e. The van der Waals surface area contributed by atoms with Crippen molar-refractivity contribution in [3.05, 3.63) is 76.9 Å². The molecule has 0 spiro atoms. The van der Waals surface area contributed by atoms with Crippen LogP contribution in [0, 0.1) is 5.92 Å². The molecule has 11 heteroatoms. The molecule has 0 atom stereocenters. The fourth-order valence-electron chi connectivity index (χ4n) is 4.44. The number of Topliss-reactive ketones (excluding diaryl/α,β-unsaturated/α-hetero) is 1. The van der Waals surface area contributed by atoms with Gasteiger partial charge in [-0.15, -0.1) is 0 Å². The van der Waals surface area contributed by atoms with Crippen molar-refractivity contribution in [2.45, 2.75) is 19.3 Å². The number of carboxylic acids is 1. The van der Waals surface area contributed by atoms with Gasteiger partial charge in [0.25, 0.3) is 0 Å². The Bertz CT molecular complexity index is 1600. The van der Waals surface area contributed by atoms with Crippen molar-refractivity contribution >= 4 is 40.1 Å². The summed E-state index contributed by atoms with van der Waals surface area (Å²) in [5.74, 6) is 0.420. The Morgan fingerprint density at radius 2 is 1.56 bits per heavy atom. The maximum atomic E-state index is 14.0. The van der Waals surface area contributed by atoms with Crippen LogP contribution in [0.15, 0.2) is 60.2 Å². The number of aliphatic carboxylic acids is 1. The van der Waals surface area contributed by atoms with Gasteiger partial charge < -0.3 is 28.8 Å².